The lowest BCUT2D eigenvalue weighted by Crippen LogP contribution is -2.46. The number of aliphatic carboxylic acids is 1. The summed E-state index contributed by atoms with van der Waals surface area (Å²) in [6.07, 6.45) is 6.13. The Bertz CT molecular complexity index is 477. The second kappa shape index (κ2) is 7.07. The van der Waals surface area contributed by atoms with Crippen LogP contribution in [0.5, 0.6) is 0 Å². The molecule has 1 saturated heterocycles. The molecule has 1 fully saturated rings. The van der Waals surface area contributed by atoms with Crippen molar-refractivity contribution in [1.82, 2.24) is 19.8 Å². The summed E-state index contributed by atoms with van der Waals surface area (Å²) >= 11 is 0. The minimum atomic E-state index is -0.997. The summed E-state index contributed by atoms with van der Waals surface area (Å²) in [5, 5.41) is 11.9. The van der Waals surface area contributed by atoms with E-state index < -0.39 is 12.0 Å². The summed E-state index contributed by atoms with van der Waals surface area (Å²) in [6, 6.07) is -1.17. The van der Waals surface area contributed by atoms with Crippen molar-refractivity contribution in [3.63, 3.8) is 0 Å². The van der Waals surface area contributed by atoms with E-state index in [-0.39, 0.29) is 12.1 Å². The first-order chi connectivity index (χ1) is 10.1. The van der Waals surface area contributed by atoms with Gasteiger partial charge in [-0.05, 0) is 6.42 Å². The third kappa shape index (κ3) is 3.94. The zero-order valence-electron chi connectivity index (χ0n) is 11.9. The Kier molecular flexibility index (Phi) is 5.15. The number of hydrogen-bond donors (Lipinski definition) is 2. The monoisotopic (exact) mass is 296 g/mol. The van der Waals surface area contributed by atoms with Gasteiger partial charge >= 0.3 is 12.0 Å². The van der Waals surface area contributed by atoms with Gasteiger partial charge in [-0.2, -0.15) is 0 Å². The van der Waals surface area contributed by atoms with Crippen LogP contribution in [0.3, 0.4) is 0 Å². The number of nitrogens with zero attached hydrogens (tertiary/aromatic N) is 3. The largest absolute Gasteiger partial charge is 0.480 e. The van der Waals surface area contributed by atoms with E-state index in [0.29, 0.717) is 19.5 Å². The third-order valence-electron chi connectivity index (χ3n) is 3.57. The van der Waals surface area contributed by atoms with Crippen molar-refractivity contribution in [1.29, 1.82) is 0 Å². The van der Waals surface area contributed by atoms with Gasteiger partial charge in [0.1, 0.15) is 6.04 Å². The van der Waals surface area contributed by atoms with Gasteiger partial charge in [-0.25, -0.2) is 14.6 Å². The van der Waals surface area contributed by atoms with Crippen molar-refractivity contribution in [2.45, 2.75) is 31.5 Å². The number of imidazole rings is 1. The van der Waals surface area contributed by atoms with Crippen LogP contribution in [0.25, 0.3) is 0 Å². The molecule has 2 unspecified atom stereocenters. The highest BCUT2D eigenvalue weighted by molar-refractivity contribution is 5.83. The molecule has 1 aliphatic heterocycles. The summed E-state index contributed by atoms with van der Waals surface area (Å²) in [7, 11) is 1.52. The lowest BCUT2D eigenvalue weighted by atomic mass is 10.2. The SMILES string of the molecule is COC1CC(C(=O)O)N(C(=O)NCCCn2ccnc2)C1. The molecule has 21 heavy (non-hydrogen) atoms. The molecule has 0 aromatic carbocycles. The Morgan fingerprint density at radius 2 is 2.33 bits per heavy atom. The minimum Gasteiger partial charge on any atom is -0.480 e. The number of amides is 2. The van der Waals surface area contributed by atoms with Crippen molar-refractivity contribution in [2.24, 2.45) is 0 Å². The van der Waals surface area contributed by atoms with Crippen molar-refractivity contribution in [3.05, 3.63) is 18.7 Å². The number of methoxy groups -OCH3 is 1. The number of carboxylic acids is 1. The van der Waals surface area contributed by atoms with Crippen molar-refractivity contribution in [3.8, 4) is 0 Å². The molecule has 2 N–H and O–H groups in total. The fraction of sp³-hybridized carbons (Fsp3) is 0.615. The maximum atomic E-state index is 12.1. The van der Waals surface area contributed by atoms with Crippen molar-refractivity contribution >= 4 is 12.0 Å². The Morgan fingerprint density at radius 3 is 2.95 bits per heavy atom. The molecule has 1 aromatic heterocycles. The first-order valence-corrected chi connectivity index (χ1v) is 6.87. The predicted octanol–water partition coefficient (Wildman–Crippen LogP) is 0.157. The van der Waals surface area contributed by atoms with Crippen LogP contribution in [0.2, 0.25) is 0 Å². The summed E-state index contributed by atoms with van der Waals surface area (Å²) in [4.78, 5) is 28.5. The summed E-state index contributed by atoms with van der Waals surface area (Å²) in [5.41, 5.74) is 0. The second-order valence-corrected chi connectivity index (χ2v) is 4.99. The molecular formula is C13H20N4O4. The van der Waals surface area contributed by atoms with Crippen LogP contribution in [0.4, 0.5) is 4.79 Å². The van der Waals surface area contributed by atoms with Crippen molar-refractivity contribution < 1.29 is 19.4 Å². The molecule has 2 rings (SSSR count). The fourth-order valence-corrected chi connectivity index (χ4v) is 2.40. The Labute approximate surface area is 122 Å². The van der Waals surface area contributed by atoms with Crippen LogP contribution in [0, 0.1) is 0 Å². The van der Waals surface area contributed by atoms with Crippen LogP contribution in [-0.4, -0.2) is 63.9 Å². The maximum Gasteiger partial charge on any atom is 0.326 e. The van der Waals surface area contributed by atoms with Gasteiger partial charge in [0.05, 0.1) is 12.4 Å². The number of urea groups is 1. The maximum absolute atomic E-state index is 12.1. The first kappa shape index (κ1) is 15.3. The smallest absolute Gasteiger partial charge is 0.326 e. The molecule has 0 aliphatic carbocycles. The average molecular weight is 296 g/mol. The number of likely N-dealkylation sites (tertiary alicyclic amines) is 1. The molecular weight excluding hydrogens is 276 g/mol. The van der Waals surface area contributed by atoms with Gasteiger partial charge in [0.25, 0.3) is 0 Å². The van der Waals surface area contributed by atoms with Crippen molar-refractivity contribution in [2.75, 3.05) is 20.2 Å². The molecule has 0 saturated carbocycles. The highest BCUT2D eigenvalue weighted by Crippen LogP contribution is 2.20. The van der Waals surface area contributed by atoms with E-state index in [9.17, 15) is 9.59 Å². The van der Waals surface area contributed by atoms with E-state index in [1.807, 2.05) is 10.8 Å². The lowest BCUT2D eigenvalue weighted by Gasteiger charge is -2.21. The molecule has 8 nitrogen and oxygen atoms in total. The van der Waals surface area contributed by atoms with Crippen LogP contribution in [0.15, 0.2) is 18.7 Å². The number of carbonyl (C=O) groups is 2. The molecule has 0 radical (unpaired) electrons. The highest BCUT2D eigenvalue weighted by atomic mass is 16.5. The van der Waals surface area contributed by atoms with Crippen LogP contribution in [-0.2, 0) is 16.1 Å². The number of carbonyl (C=O) groups excluding carboxylic acids is 1. The zero-order chi connectivity index (χ0) is 15.2. The Balaban J connectivity index is 1.77. The minimum absolute atomic E-state index is 0.220. The van der Waals surface area contributed by atoms with E-state index in [1.165, 1.54) is 12.0 Å². The number of carboxylic acid groups (broad SMARTS) is 1. The van der Waals surface area contributed by atoms with E-state index in [0.717, 1.165) is 13.0 Å². The number of hydrogen-bond acceptors (Lipinski definition) is 4. The van der Waals surface area contributed by atoms with Gasteiger partial charge in [-0.3, -0.25) is 0 Å². The zero-order valence-corrected chi connectivity index (χ0v) is 11.9. The van der Waals surface area contributed by atoms with Crippen LogP contribution in [0.1, 0.15) is 12.8 Å². The fourth-order valence-electron chi connectivity index (χ4n) is 2.40. The van der Waals surface area contributed by atoms with Crippen LogP contribution >= 0.6 is 0 Å². The van der Waals surface area contributed by atoms with Gasteiger partial charge < -0.3 is 24.6 Å². The normalized spacial score (nSPS) is 21.5. The molecule has 1 aliphatic rings. The molecule has 0 bridgehead atoms. The summed E-state index contributed by atoms with van der Waals surface area (Å²) in [5.74, 6) is -0.997. The second-order valence-electron chi connectivity index (χ2n) is 4.99. The first-order valence-electron chi connectivity index (χ1n) is 6.87. The molecule has 2 heterocycles. The Morgan fingerprint density at radius 1 is 1.52 bits per heavy atom. The quantitative estimate of drug-likeness (QED) is 0.729. The predicted molar refractivity (Wildman–Crippen MR) is 73.8 cm³/mol. The number of aromatic nitrogens is 2. The number of nitrogens with one attached hydrogen (secondary N) is 1. The molecule has 2 atom stereocenters. The molecule has 8 heteroatoms. The standard InChI is InChI=1S/C13H20N4O4/c1-21-10-7-11(12(18)19)17(8-10)13(20)15-3-2-5-16-6-4-14-9-16/h4,6,9-11H,2-3,5,7-8H2,1H3,(H,15,20)(H,18,19). The number of ether oxygens (including phenoxy) is 1. The third-order valence-corrected chi connectivity index (χ3v) is 3.57. The molecule has 0 spiro atoms. The van der Waals surface area contributed by atoms with E-state index in [1.54, 1.807) is 12.5 Å². The average Bonchev–Trinajstić information content (AvgIpc) is 3.12. The van der Waals surface area contributed by atoms with Gasteiger partial charge in [0.2, 0.25) is 0 Å². The van der Waals surface area contributed by atoms with Crippen LogP contribution < -0.4 is 5.32 Å². The lowest BCUT2D eigenvalue weighted by molar-refractivity contribution is -0.141. The van der Waals surface area contributed by atoms with E-state index in [2.05, 4.69) is 10.3 Å². The highest BCUT2D eigenvalue weighted by Gasteiger charge is 2.39. The van der Waals surface area contributed by atoms with Gasteiger partial charge in [-0.1, -0.05) is 0 Å². The summed E-state index contributed by atoms with van der Waals surface area (Å²) in [6.45, 7) is 1.54. The molecule has 1 aromatic rings. The van der Waals surface area contributed by atoms with E-state index in [4.69, 9.17) is 9.84 Å². The van der Waals surface area contributed by atoms with Gasteiger partial charge in [0, 0.05) is 45.6 Å². The summed E-state index contributed by atoms with van der Waals surface area (Å²) < 4.78 is 7.07. The van der Waals surface area contributed by atoms with Gasteiger partial charge in [0.15, 0.2) is 0 Å². The number of aryl methyl sites for hydroxylation is 1. The van der Waals surface area contributed by atoms with E-state index >= 15 is 0 Å². The number of rotatable bonds is 6. The Hall–Kier alpha value is -2.09. The molecule has 116 valence electrons. The topological polar surface area (TPSA) is 96.7 Å². The molecule has 2 amide bonds. The van der Waals surface area contributed by atoms with Gasteiger partial charge in [-0.15, -0.1) is 0 Å².